The Bertz CT molecular complexity index is 185. The fraction of sp³-hybridized carbons (Fsp3) is 1.00. The Morgan fingerprint density at radius 1 is 1.47 bits per heavy atom. The molecule has 1 aliphatic heterocycles. The first-order valence-electron chi connectivity index (χ1n) is 7.18. The molecule has 2 atom stereocenters. The number of hydrogen-bond acceptors (Lipinski definition) is 3. The Hall–Kier alpha value is -0.120. The minimum absolute atomic E-state index is 0.753. The first kappa shape index (κ1) is 14.9. The van der Waals surface area contributed by atoms with Crippen molar-refractivity contribution in [3.05, 3.63) is 0 Å². The Labute approximate surface area is 107 Å². The molecular weight excluding hydrogens is 212 g/mol. The maximum absolute atomic E-state index is 5.28. The maximum Gasteiger partial charge on any atom is 0.0502 e. The number of nitrogens with one attached hydrogen (secondary N) is 1. The zero-order valence-electron chi connectivity index (χ0n) is 11.9. The zero-order chi connectivity index (χ0) is 12.5. The molecule has 1 fully saturated rings. The van der Waals surface area contributed by atoms with Gasteiger partial charge in [-0.05, 0) is 50.7 Å². The van der Waals surface area contributed by atoms with Crippen LogP contribution in [0, 0.1) is 11.8 Å². The van der Waals surface area contributed by atoms with Gasteiger partial charge in [0.25, 0.3) is 0 Å². The molecule has 0 amide bonds. The van der Waals surface area contributed by atoms with E-state index in [0.29, 0.717) is 0 Å². The highest BCUT2D eigenvalue weighted by molar-refractivity contribution is 4.74. The molecule has 0 saturated carbocycles. The van der Waals surface area contributed by atoms with Crippen molar-refractivity contribution in [2.24, 2.45) is 11.8 Å². The molecule has 0 spiro atoms. The molecule has 1 rings (SSSR count). The second-order valence-electron chi connectivity index (χ2n) is 5.53. The van der Waals surface area contributed by atoms with E-state index in [-0.39, 0.29) is 0 Å². The van der Waals surface area contributed by atoms with Gasteiger partial charge in [0.1, 0.15) is 0 Å². The number of ether oxygens (including phenoxy) is 1. The molecule has 3 heteroatoms. The van der Waals surface area contributed by atoms with Crippen LogP contribution in [0.4, 0.5) is 0 Å². The van der Waals surface area contributed by atoms with Crippen LogP contribution in [-0.2, 0) is 4.74 Å². The monoisotopic (exact) mass is 242 g/mol. The van der Waals surface area contributed by atoms with Crippen molar-refractivity contribution < 1.29 is 4.74 Å². The van der Waals surface area contributed by atoms with E-state index < -0.39 is 0 Å². The van der Waals surface area contributed by atoms with E-state index in [0.717, 1.165) is 31.5 Å². The van der Waals surface area contributed by atoms with Crippen molar-refractivity contribution >= 4 is 0 Å². The highest BCUT2D eigenvalue weighted by Crippen LogP contribution is 2.17. The normalized spacial score (nSPS) is 23.8. The van der Waals surface area contributed by atoms with Gasteiger partial charge in [0.05, 0.1) is 6.61 Å². The SMILES string of the molecule is CCCNCC(C)CN1CCCC(COC)C1. The van der Waals surface area contributed by atoms with E-state index in [1.165, 1.54) is 38.9 Å². The summed E-state index contributed by atoms with van der Waals surface area (Å²) >= 11 is 0. The van der Waals surface area contributed by atoms with E-state index in [2.05, 4.69) is 24.1 Å². The first-order valence-corrected chi connectivity index (χ1v) is 7.18. The summed E-state index contributed by atoms with van der Waals surface area (Å²) in [5, 5.41) is 3.51. The van der Waals surface area contributed by atoms with Crippen LogP contribution in [0.2, 0.25) is 0 Å². The molecule has 0 aromatic rings. The first-order chi connectivity index (χ1) is 8.26. The largest absolute Gasteiger partial charge is 0.384 e. The van der Waals surface area contributed by atoms with Crippen LogP contribution < -0.4 is 5.32 Å². The molecule has 0 radical (unpaired) electrons. The molecule has 1 saturated heterocycles. The van der Waals surface area contributed by atoms with Gasteiger partial charge in [-0.2, -0.15) is 0 Å². The summed E-state index contributed by atoms with van der Waals surface area (Å²) in [6.07, 6.45) is 3.91. The average Bonchev–Trinajstić information content (AvgIpc) is 2.30. The summed E-state index contributed by atoms with van der Waals surface area (Å²) < 4.78 is 5.28. The number of likely N-dealkylation sites (tertiary alicyclic amines) is 1. The highest BCUT2D eigenvalue weighted by Gasteiger charge is 2.20. The minimum atomic E-state index is 0.753. The fourth-order valence-electron chi connectivity index (χ4n) is 2.72. The van der Waals surface area contributed by atoms with Crippen molar-refractivity contribution in [3.63, 3.8) is 0 Å². The van der Waals surface area contributed by atoms with Gasteiger partial charge < -0.3 is 15.0 Å². The summed E-state index contributed by atoms with van der Waals surface area (Å²) in [6.45, 7) is 11.5. The summed E-state index contributed by atoms with van der Waals surface area (Å²) in [5.41, 5.74) is 0. The van der Waals surface area contributed by atoms with Gasteiger partial charge in [0, 0.05) is 20.2 Å². The molecule has 3 nitrogen and oxygen atoms in total. The van der Waals surface area contributed by atoms with Crippen LogP contribution in [0.15, 0.2) is 0 Å². The molecule has 2 unspecified atom stereocenters. The molecule has 1 heterocycles. The highest BCUT2D eigenvalue weighted by atomic mass is 16.5. The van der Waals surface area contributed by atoms with Gasteiger partial charge in [0.2, 0.25) is 0 Å². The molecular formula is C14H30N2O. The smallest absolute Gasteiger partial charge is 0.0502 e. The van der Waals surface area contributed by atoms with Crippen molar-refractivity contribution in [1.29, 1.82) is 0 Å². The van der Waals surface area contributed by atoms with Gasteiger partial charge in [-0.15, -0.1) is 0 Å². The molecule has 1 aliphatic rings. The lowest BCUT2D eigenvalue weighted by atomic mass is 9.98. The third-order valence-electron chi connectivity index (χ3n) is 3.49. The van der Waals surface area contributed by atoms with Crippen molar-refractivity contribution in [2.75, 3.05) is 46.4 Å². The Morgan fingerprint density at radius 3 is 3.00 bits per heavy atom. The van der Waals surface area contributed by atoms with Crippen molar-refractivity contribution in [3.8, 4) is 0 Å². The second-order valence-corrected chi connectivity index (χ2v) is 5.53. The van der Waals surface area contributed by atoms with E-state index in [1.54, 1.807) is 0 Å². The Balaban J connectivity index is 2.16. The van der Waals surface area contributed by atoms with Gasteiger partial charge >= 0.3 is 0 Å². The fourth-order valence-corrected chi connectivity index (χ4v) is 2.72. The number of nitrogens with zero attached hydrogens (tertiary/aromatic N) is 1. The van der Waals surface area contributed by atoms with Crippen LogP contribution in [0.5, 0.6) is 0 Å². The van der Waals surface area contributed by atoms with E-state index in [9.17, 15) is 0 Å². The van der Waals surface area contributed by atoms with Crippen molar-refractivity contribution in [1.82, 2.24) is 10.2 Å². The molecule has 17 heavy (non-hydrogen) atoms. The van der Waals surface area contributed by atoms with Crippen molar-refractivity contribution in [2.45, 2.75) is 33.1 Å². The van der Waals surface area contributed by atoms with Crippen LogP contribution >= 0.6 is 0 Å². The van der Waals surface area contributed by atoms with Gasteiger partial charge in [-0.3, -0.25) is 0 Å². The standard InChI is InChI=1S/C14H30N2O/c1-4-7-15-9-13(2)10-16-8-5-6-14(11-16)12-17-3/h13-15H,4-12H2,1-3H3. The van der Waals surface area contributed by atoms with E-state index >= 15 is 0 Å². The third-order valence-corrected chi connectivity index (χ3v) is 3.49. The second kappa shape index (κ2) is 8.90. The van der Waals surface area contributed by atoms with Gasteiger partial charge in [-0.25, -0.2) is 0 Å². The van der Waals surface area contributed by atoms with Gasteiger partial charge in [0.15, 0.2) is 0 Å². The number of methoxy groups -OCH3 is 1. The lowest BCUT2D eigenvalue weighted by Gasteiger charge is -2.34. The Kier molecular flexibility index (Phi) is 7.82. The van der Waals surface area contributed by atoms with Gasteiger partial charge in [-0.1, -0.05) is 13.8 Å². The summed E-state index contributed by atoms with van der Waals surface area (Å²) in [4.78, 5) is 2.62. The lowest BCUT2D eigenvalue weighted by Crippen LogP contribution is -2.41. The molecule has 0 bridgehead atoms. The number of rotatable bonds is 8. The predicted molar refractivity (Wildman–Crippen MR) is 73.4 cm³/mol. The zero-order valence-corrected chi connectivity index (χ0v) is 11.9. The summed E-state index contributed by atoms with van der Waals surface area (Å²) in [7, 11) is 1.82. The quantitative estimate of drug-likeness (QED) is 0.659. The predicted octanol–water partition coefficient (Wildman–Crippen LogP) is 1.98. The average molecular weight is 242 g/mol. The third kappa shape index (κ3) is 6.39. The van der Waals surface area contributed by atoms with Crippen LogP contribution in [0.25, 0.3) is 0 Å². The van der Waals surface area contributed by atoms with Crippen LogP contribution in [0.3, 0.4) is 0 Å². The summed E-state index contributed by atoms with van der Waals surface area (Å²) in [5.74, 6) is 1.51. The molecule has 102 valence electrons. The lowest BCUT2D eigenvalue weighted by molar-refractivity contribution is 0.0839. The van der Waals surface area contributed by atoms with Crippen LogP contribution in [-0.4, -0.2) is 51.3 Å². The topological polar surface area (TPSA) is 24.5 Å². The molecule has 0 aromatic carbocycles. The molecule has 1 N–H and O–H groups in total. The Morgan fingerprint density at radius 2 is 2.29 bits per heavy atom. The molecule has 0 aromatic heterocycles. The maximum atomic E-state index is 5.28. The number of hydrogen-bond donors (Lipinski definition) is 1. The summed E-state index contributed by atoms with van der Waals surface area (Å²) in [6, 6.07) is 0. The molecule has 0 aliphatic carbocycles. The van der Waals surface area contributed by atoms with Crippen LogP contribution in [0.1, 0.15) is 33.1 Å². The van der Waals surface area contributed by atoms with E-state index in [4.69, 9.17) is 4.74 Å². The van der Waals surface area contributed by atoms with E-state index in [1.807, 2.05) is 7.11 Å². The number of piperidine rings is 1. The minimum Gasteiger partial charge on any atom is -0.384 e.